The van der Waals surface area contributed by atoms with Gasteiger partial charge >= 0.3 is 0 Å². The van der Waals surface area contributed by atoms with Crippen molar-refractivity contribution in [1.82, 2.24) is 10.2 Å². The molecule has 25 heavy (non-hydrogen) atoms. The van der Waals surface area contributed by atoms with Crippen molar-refractivity contribution in [3.8, 4) is 0 Å². The number of hydrogen-bond acceptors (Lipinski definition) is 2. The minimum atomic E-state index is -0.512. The topological polar surface area (TPSA) is 49.4 Å². The summed E-state index contributed by atoms with van der Waals surface area (Å²) in [7, 11) is 0. The first kappa shape index (κ1) is 17.1. The molecule has 4 nitrogen and oxygen atoms in total. The van der Waals surface area contributed by atoms with E-state index in [1.165, 1.54) is 12.1 Å². The van der Waals surface area contributed by atoms with E-state index in [1.54, 1.807) is 17.9 Å². The second-order valence-corrected chi connectivity index (χ2v) is 6.42. The molecule has 0 saturated carbocycles. The van der Waals surface area contributed by atoms with E-state index in [4.69, 9.17) is 0 Å². The number of nitrogens with one attached hydrogen (secondary N) is 1. The molecule has 130 valence electrons. The van der Waals surface area contributed by atoms with Gasteiger partial charge in [-0.25, -0.2) is 4.39 Å². The Balaban J connectivity index is 1.57. The van der Waals surface area contributed by atoms with Gasteiger partial charge in [-0.05, 0) is 36.6 Å². The molecule has 1 atom stereocenters. The van der Waals surface area contributed by atoms with Crippen LogP contribution in [0.25, 0.3) is 0 Å². The summed E-state index contributed by atoms with van der Waals surface area (Å²) in [6.07, 6.45) is 0.597. The summed E-state index contributed by atoms with van der Waals surface area (Å²) >= 11 is 0. The molecule has 0 spiro atoms. The molecule has 1 unspecified atom stereocenters. The fourth-order valence-corrected chi connectivity index (χ4v) is 3.05. The van der Waals surface area contributed by atoms with Gasteiger partial charge in [0.05, 0.1) is 11.5 Å². The van der Waals surface area contributed by atoms with E-state index in [2.05, 4.69) is 5.32 Å². The Bertz CT molecular complexity index is 777. The monoisotopic (exact) mass is 340 g/mol. The Kier molecular flexibility index (Phi) is 5.12. The molecule has 3 rings (SSSR count). The van der Waals surface area contributed by atoms with Crippen LogP contribution in [-0.2, 0) is 11.3 Å². The van der Waals surface area contributed by atoms with Gasteiger partial charge < -0.3 is 10.2 Å². The third-order valence-electron chi connectivity index (χ3n) is 4.51. The van der Waals surface area contributed by atoms with Crippen LogP contribution < -0.4 is 5.32 Å². The van der Waals surface area contributed by atoms with Crippen LogP contribution in [0.3, 0.4) is 0 Å². The van der Waals surface area contributed by atoms with Crippen molar-refractivity contribution in [2.24, 2.45) is 5.92 Å². The van der Waals surface area contributed by atoms with Gasteiger partial charge in [0.15, 0.2) is 0 Å². The molecule has 0 radical (unpaired) electrons. The van der Waals surface area contributed by atoms with Crippen LogP contribution in [0.4, 0.5) is 4.39 Å². The van der Waals surface area contributed by atoms with Crippen molar-refractivity contribution in [3.05, 3.63) is 71.0 Å². The Hall–Kier alpha value is -2.69. The first-order valence-corrected chi connectivity index (χ1v) is 8.41. The van der Waals surface area contributed by atoms with E-state index in [9.17, 15) is 14.0 Å². The lowest BCUT2D eigenvalue weighted by Crippen LogP contribution is -2.34. The van der Waals surface area contributed by atoms with Crippen LogP contribution in [0.1, 0.15) is 27.9 Å². The summed E-state index contributed by atoms with van der Waals surface area (Å²) < 4.78 is 14.0. The first-order chi connectivity index (χ1) is 12.0. The van der Waals surface area contributed by atoms with Crippen molar-refractivity contribution >= 4 is 11.8 Å². The molecule has 2 aromatic rings. The third-order valence-corrected chi connectivity index (χ3v) is 4.51. The Morgan fingerprint density at radius 2 is 1.96 bits per heavy atom. The zero-order valence-electron chi connectivity index (χ0n) is 14.2. The average molecular weight is 340 g/mol. The summed E-state index contributed by atoms with van der Waals surface area (Å²) in [5.41, 5.74) is 1.87. The van der Waals surface area contributed by atoms with Crippen molar-refractivity contribution in [3.63, 3.8) is 0 Å². The van der Waals surface area contributed by atoms with Gasteiger partial charge in [0.2, 0.25) is 5.91 Å². The lowest BCUT2D eigenvalue weighted by molar-refractivity contribution is -0.124. The lowest BCUT2D eigenvalue weighted by Gasteiger charge is -2.17. The van der Waals surface area contributed by atoms with E-state index in [-0.39, 0.29) is 23.3 Å². The maximum atomic E-state index is 14.0. The lowest BCUT2D eigenvalue weighted by atomic mass is 10.1. The molecule has 2 aromatic carbocycles. The number of carbonyl (C=O) groups is 2. The summed E-state index contributed by atoms with van der Waals surface area (Å²) in [6, 6.07) is 14.3. The molecular weight excluding hydrogens is 319 g/mol. The number of rotatable bonds is 4. The van der Waals surface area contributed by atoms with Crippen LogP contribution in [0.2, 0.25) is 0 Å². The van der Waals surface area contributed by atoms with E-state index in [0.29, 0.717) is 26.1 Å². The number of nitrogens with zero attached hydrogens (tertiary/aromatic N) is 1. The van der Waals surface area contributed by atoms with E-state index in [1.807, 2.05) is 30.3 Å². The fraction of sp³-hybridized carbons (Fsp3) is 0.300. The standard InChI is InChI=1S/C20H21FN2O2/c1-14-7-8-17(18(21)11-14)20(25)23-10-9-16(13-23)19(24)22-12-15-5-3-2-4-6-15/h2-8,11,16H,9-10,12-13H2,1H3,(H,22,24). The van der Waals surface area contributed by atoms with Gasteiger partial charge in [-0.2, -0.15) is 0 Å². The molecule has 5 heteroatoms. The molecule has 1 saturated heterocycles. The minimum absolute atomic E-state index is 0.0657. The normalized spacial score (nSPS) is 16.7. The van der Waals surface area contributed by atoms with Gasteiger partial charge in [0.25, 0.3) is 5.91 Å². The summed E-state index contributed by atoms with van der Waals surface area (Å²) in [5, 5.41) is 2.91. The quantitative estimate of drug-likeness (QED) is 0.930. The molecule has 1 aliphatic rings. The van der Waals surface area contributed by atoms with Crippen LogP contribution in [0.5, 0.6) is 0 Å². The molecule has 0 bridgehead atoms. The number of hydrogen-bond donors (Lipinski definition) is 1. The van der Waals surface area contributed by atoms with Crippen LogP contribution in [-0.4, -0.2) is 29.8 Å². The number of aryl methyl sites for hydroxylation is 1. The second-order valence-electron chi connectivity index (χ2n) is 6.42. The highest BCUT2D eigenvalue weighted by atomic mass is 19.1. The van der Waals surface area contributed by atoms with Crippen molar-refractivity contribution < 1.29 is 14.0 Å². The molecule has 0 aliphatic carbocycles. The summed E-state index contributed by atoms with van der Waals surface area (Å²) in [4.78, 5) is 26.3. The molecule has 0 aromatic heterocycles. The zero-order chi connectivity index (χ0) is 17.8. The molecule has 1 heterocycles. The maximum absolute atomic E-state index is 14.0. The number of carbonyl (C=O) groups excluding carboxylic acids is 2. The Morgan fingerprint density at radius 1 is 1.20 bits per heavy atom. The van der Waals surface area contributed by atoms with Crippen LogP contribution >= 0.6 is 0 Å². The highest BCUT2D eigenvalue weighted by molar-refractivity contribution is 5.95. The van der Waals surface area contributed by atoms with Crippen LogP contribution in [0, 0.1) is 18.7 Å². The number of benzene rings is 2. The van der Waals surface area contributed by atoms with Gasteiger partial charge in [-0.15, -0.1) is 0 Å². The van der Waals surface area contributed by atoms with Gasteiger partial charge in [0, 0.05) is 19.6 Å². The molecular formula is C20H21FN2O2. The minimum Gasteiger partial charge on any atom is -0.352 e. The predicted octanol–water partition coefficient (Wildman–Crippen LogP) is 2.91. The molecule has 1 aliphatic heterocycles. The van der Waals surface area contributed by atoms with Gasteiger partial charge in [0.1, 0.15) is 5.82 Å². The van der Waals surface area contributed by atoms with Crippen LogP contribution in [0.15, 0.2) is 48.5 Å². The largest absolute Gasteiger partial charge is 0.352 e. The SMILES string of the molecule is Cc1ccc(C(=O)N2CCC(C(=O)NCc3ccccc3)C2)c(F)c1. The highest BCUT2D eigenvalue weighted by Crippen LogP contribution is 2.21. The Labute approximate surface area is 146 Å². The Morgan fingerprint density at radius 3 is 2.68 bits per heavy atom. The maximum Gasteiger partial charge on any atom is 0.256 e. The number of halogens is 1. The average Bonchev–Trinajstić information content (AvgIpc) is 3.10. The van der Waals surface area contributed by atoms with Gasteiger partial charge in [-0.1, -0.05) is 36.4 Å². The zero-order valence-corrected chi connectivity index (χ0v) is 14.2. The van der Waals surface area contributed by atoms with Gasteiger partial charge in [-0.3, -0.25) is 9.59 Å². The molecule has 1 fully saturated rings. The van der Waals surface area contributed by atoms with Crippen molar-refractivity contribution in [1.29, 1.82) is 0 Å². The van der Waals surface area contributed by atoms with E-state index < -0.39 is 5.82 Å². The predicted molar refractivity (Wildman–Crippen MR) is 93.4 cm³/mol. The second kappa shape index (κ2) is 7.47. The summed E-state index contributed by atoms with van der Waals surface area (Å²) in [5.74, 6) is -1.18. The van der Waals surface area contributed by atoms with E-state index in [0.717, 1.165) is 11.1 Å². The number of likely N-dealkylation sites (tertiary alicyclic amines) is 1. The smallest absolute Gasteiger partial charge is 0.256 e. The third kappa shape index (κ3) is 4.05. The van der Waals surface area contributed by atoms with E-state index >= 15 is 0 Å². The fourth-order valence-electron chi connectivity index (χ4n) is 3.05. The molecule has 2 amide bonds. The highest BCUT2D eigenvalue weighted by Gasteiger charge is 2.32. The van der Waals surface area contributed by atoms with Crippen molar-refractivity contribution in [2.75, 3.05) is 13.1 Å². The molecule has 1 N–H and O–H groups in total. The number of amides is 2. The first-order valence-electron chi connectivity index (χ1n) is 8.41. The van der Waals surface area contributed by atoms with Crippen molar-refractivity contribution in [2.45, 2.75) is 19.9 Å². The summed E-state index contributed by atoms with van der Waals surface area (Å²) in [6.45, 7) is 3.04.